The first kappa shape index (κ1) is 98.1. The van der Waals surface area contributed by atoms with Crippen LogP contribution in [-0.2, 0) is 65.4 Å². The molecule has 0 amide bonds. The Labute approximate surface area is 613 Å². The molecule has 0 aliphatic carbocycles. The van der Waals surface area contributed by atoms with E-state index in [1.54, 1.807) is 0 Å². The van der Waals surface area contributed by atoms with Gasteiger partial charge in [-0.1, -0.05) is 375 Å². The normalized spacial score (nSPS) is 13.9. The van der Waals surface area contributed by atoms with Crippen LogP contribution in [0.25, 0.3) is 0 Å². The highest BCUT2D eigenvalue weighted by atomic mass is 31.2. The molecule has 19 heteroatoms. The second-order valence-electron chi connectivity index (χ2n) is 30.1. The molecule has 0 fully saturated rings. The first-order chi connectivity index (χ1) is 48.4. The number of ether oxygens (including phenoxy) is 4. The molecule has 0 radical (unpaired) electrons. The lowest BCUT2D eigenvalue weighted by atomic mass is 10.0. The average molecular weight is 1470 g/mol. The first-order valence-electron chi connectivity index (χ1n) is 42.0. The van der Waals surface area contributed by atoms with Crippen molar-refractivity contribution in [2.45, 2.75) is 445 Å². The quantitative estimate of drug-likeness (QED) is 0.0222. The highest BCUT2D eigenvalue weighted by Crippen LogP contribution is 2.45. The molecule has 0 rings (SSSR count). The predicted octanol–water partition coefficient (Wildman–Crippen LogP) is 24.3. The number of aliphatic hydroxyl groups is 1. The van der Waals surface area contributed by atoms with E-state index in [1.807, 2.05) is 0 Å². The van der Waals surface area contributed by atoms with Gasteiger partial charge in [-0.15, -0.1) is 0 Å². The molecule has 2 unspecified atom stereocenters. The summed E-state index contributed by atoms with van der Waals surface area (Å²) in [6.07, 6.45) is 62.4. The van der Waals surface area contributed by atoms with E-state index in [1.165, 1.54) is 244 Å². The van der Waals surface area contributed by atoms with Crippen molar-refractivity contribution < 1.29 is 80.2 Å². The smallest absolute Gasteiger partial charge is 0.462 e. The number of carbonyl (C=O) groups is 4. The largest absolute Gasteiger partial charge is 0.472 e. The van der Waals surface area contributed by atoms with Gasteiger partial charge in [-0.25, -0.2) is 9.13 Å². The van der Waals surface area contributed by atoms with E-state index >= 15 is 0 Å². The van der Waals surface area contributed by atoms with Gasteiger partial charge >= 0.3 is 39.5 Å². The molecule has 5 atom stereocenters. The first-order valence-corrected chi connectivity index (χ1v) is 45.0. The molecule has 3 N–H and O–H groups in total. The second kappa shape index (κ2) is 72.6. The maximum Gasteiger partial charge on any atom is 0.472 e. The SMILES string of the molecule is CCCCCCCCCCCCCCCCCCCCC(=O)OC[C@H](COP(=O)(O)OC[C@@H](O)COP(=O)(O)OC[C@@H](COC(=O)CCCCCCCCCCCC)OC(=O)CCCCCCCCCCCCC(C)C)OC(=O)CCCCCCCCCCCCCCCCCCC(C)C. The minimum atomic E-state index is -4.96. The van der Waals surface area contributed by atoms with Crippen LogP contribution in [0.4, 0.5) is 0 Å². The molecule has 594 valence electrons. The minimum absolute atomic E-state index is 0.106. The van der Waals surface area contributed by atoms with Gasteiger partial charge in [-0.05, 0) is 37.5 Å². The van der Waals surface area contributed by atoms with E-state index in [0.717, 1.165) is 102 Å². The standard InChI is InChI=1S/C81H158O17P2/c1-7-9-11-13-15-17-19-20-21-22-23-27-30-33-40-46-52-58-64-79(84)92-70-77(97-80(85)65-59-53-47-41-34-31-28-25-24-26-29-32-37-43-49-55-61-73(3)4)72-96-100(89,90)94-68-75(82)67-93-99(87,88)95-71-76(69-91-78(83)63-57-51-45-39-18-16-14-12-10-8-2)98-81(86)66-60-54-48-42-36-35-38-44-50-56-62-74(5)6/h73-77,82H,7-72H2,1-6H3,(H,87,88)(H,89,90)/t75-,76+,77+/m0/s1. The van der Waals surface area contributed by atoms with Gasteiger partial charge in [0.05, 0.1) is 26.4 Å². The summed E-state index contributed by atoms with van der Waals surface area (Å²) in [5, 5.41) is 10.6. The second-order valence-corrected chi connectivity index (χ2v) is 33.0. The van der Waals surface area contributed by atoms with Crippen molar-refractivity contribution in [2.75, 3.05) is 39.6 Å². The summed E-state index contributed by atoms with van der Waals surface area (Å²) in [5.41, 5.74) is 0. The van der Waals surface area contributed by atoms with Crippen molar-refractivity contribution in [3.63, 3.8) is 0 Å². The van der Waals surface area contributed by atoms with Gasteiger partial charge in [0, 0.05) is 25.7 Å². The van der Waals surface area contributed by atoms with Crippen LogP contribution in [0.3, 0.4) is 0 Å². The third-order valence-corrected chi connectivity index (χ3v) is 20.9. The van der Waals surface area contributed by atoms with E-state index < -0.39 is 97.5 Å². The maximum atomic E-state index is 13.1. The summed E-state index contributed by atoms with van der Waals surface area (Å²) in [6.45, 7) is 9.65. The number of carbonyl (C=O) groups excluding carboxylic acids is 4. The van der Waals surface area contributed by atoms with Crippen molar-refractivity contribution >= 4 is 39.5 Å². The zero-order valence-electron chi connectivity index (χ0n) is 65.5. The lowest BCUT2D eigenvalue weighted by molar-refractivity contribution is -0.161. The van der Waals surface area contributed by atoms with Gasteiger partial charge in [0.15, 0.2) is 12.2 Å². The third kappa shape index (κ3) is 74.3. The predicted molar refractivity (Wildman–Crippen MR) is 409 cm³/mol. The molecule has 0 aromatic carbocycles. The van der Waals surface area contributed by atoms with Crippen LogP contribution in [0, 0.1) is 11.8 Å². The van der Waals surface area contributed by atoms with E-state index in [0.29, 0.717) is 25.7 Å². The summed E-state index contributed by atoms with van der Waals surface area (Å²) in [7, 11) is -9.92. The fraction of sp³-hybridized carbons (Fsp3) is 0.951. The van der Waals surface area contributed by atoms with Gasteiger partial charge < -0.3 is 33.8 Å². The molecular formula is C81H158O17P2. The number of esters is 4. The lowest BCUT2D eigenvalue weighted by Gasteiger charge is -2.21. The van der Waals surface area contributed by atoms with E-state index in [-0.39, 0.29) is 25.7 Å². The summed E-state index contributed by atoms with van der Waals surface area (Å²) < 4.78 is 68.7. The Morgan fingerprint density at radius 3 is 0.680 bits per heavy atom. The van der Waals surface area contributed by atoms with Crippen LogP contribution in [-0.4, -0.2) is 96.7 Å². The Balaban J connectivity index is 5.23. The van der Waals surface area contributed by atoms with Crippen molar-refractivity contribution in [2.24, 2.45) is 11.8 Å². The summed E-state index contributed by atoms with van der Waals surface area (Å²) in [5.74, 6) is -0.547. The lowest BCUT2D eigenvalue weighted by Crippen LogP contribution is -2.30. The maximum absolute atomic E-state index is 13.1. The molecule has 0 heterocycles. The van der Waals surface area contributed by atoms with E-state index in [4.69, 9.17) is 37.0 Å². The van der Waals surface area contributed by atoms with Crippen LogP contribution in [0.5, 0.6) is 0 Å². The number of rotatable bonds is 80. The van der Waals surface area contributed by atoms with Gasteiger partial charge in [0.2, 0.25) is 0 Å². The molecule has 0 aromatic heterocycles. The summed E-state index contributed by atoms with van der Waals surface area (Å²) in [6, 6.07) is 0. The molecule has 0 spiro atoms. The van der Waals surface area contributed by atoms with Gasteiger partial charge in [0.1, 0.15) is 19.3 Å². The number of phosphoric acid groups is 2. The van der Waals surface area contributed by atoms with E-state index in [9.17, 15) is 43.2 Å². The monoisotopic (exact) mass is 1470 g/mol. The molecule has 100 heavy (non-hydrogen) atoms. The Morgan fingerprint density at radius 2 is 0.460 bits per heavy atom. The molecule has 17 nitrogen and oxygen atoms in total. The fourth-order valence-corrected chi connectivity index (χ4v) is 14.1. The number of aliphatic hydroxyl groups excluding tert-OH is 1. The van der Waals surface area contributed by atoms with Crippen LogP contribution < -0.4 is 0 Å². The Kier molecular flexibility index (Phi) is 71.2. The minimum Gasteiger partial charge on any atom is -0.462 e. The van der Waals surface area contributed by atoms with Crippen molar-refractivity contribution in [1.29, 1.82) is 0 Å². The third-order valence-electron chi connectivity index (χ3n) is 19.0. The molecule has 0 saturated carbocycles. The summed E-state index contributed by atoms with van der Waals surface area (Å²) in [4.78, 5) is 73.0. The fourth-order valence-electron chi connectivity index (χ4n) is 12.5. The number of phosphoric ester groups is 2. The zero-order chi connectivity index (χ0) is 73.5. The molecule has 0 aliphatic heterocycles. The molecule has 0 aromatic rings. The highest BCUT2D eigenvalue weighted by Gasteiger charge is 2.30. The highest BCUT2D eigenvalue weighted by molar-refractivity contribution is 7.47. The van der Waals surface area contributed by atoms with Crippen LogP contribution in [0.2, 0.25) is 0 Å². The van der Waals surface area contributed by atoms with Gasteiger partial charge in [-0.2, -0.15) is 0 Å². The van der Waals surface area contributed by atoms with Crippen molar-refractivity contribution in [3.05, 3.63) is 0 Å². The van der Waals surface area contributed by atoms with Crippen LogP contribution in [0.1, 0.15) is 427 Å². The Morgan fingerprint density at radius 1 is 0.270 bits per heavy atom. The zero-order valence-corrected chi connectivity index (χ0v) is 67.3. The molecule has 0 saturated heterocycles. The van der Waals surface area contributed by atoms with Crippen LogP contribution >= 0.6 is 15.6 Å². The number of unbranched alkanes of at least 4 members (excludes halogenated alkanes) is 50. The molecule has 0 aliphatic rings. The number of hydrogen-bond acceptors (Lipinski definition) is 15. The Bertz CT molecular complexity index is 1920. The van der Waals surface area contributed by atoms with Gasteiger partial charge in [-0.3, -0.25) is 37.3 Å². The van der Waals surface area contributed by atoms with Crippen molar-refractivity contribution in [1.82, 2.24) is 0 Å². The average Bonchev–Trinajstić information content (AvgIpc) is 0.963. The van der Waals surface area contributed by atoms with E-state index in [2.05, 4.69) is 41.5 Å². The molecule has 0 bridgehead atoms. The van der Waals surface area contributed by atoms with Gasteiger partial charge in [0.25, 0.3) is 0 Å². The van der Waals surface area contributed by atoms with Crippen LogP contribution in [0.15, 0.2) is 0 Å². The summed E-state index contributed by atoms with van der Waals surface area (Å²) >= 11 is 0. The number of hydrogen-bond donors (Lipinski definition) is 3. The Hall–Kier alpha value is -1.94. The van der Waals surface area contributed by atoms with Crippen molar-refractivity contribution in [3.8, 4) is 0 Å². The molecular weight excluding hydrogens is 1310 g/mol. The topological polar surface area (TPSA) is 237 Å².